The Labute approximate surface area is 112 Å². The van der Waals surface area contributed by atoms with Crippen LogP contribution < -0.4 is 5.32 Å². The summed E-state index contributed by atoms with van der Waals surface area (Å²) in [5, 5.41) is 3.41. The van der Waals surface area contributed by atoms with Gasteiger partial charge in [0.15, 0.2) is 0 Å². The van der Waals surface area contributed by atoms with Gasteiger partial charge in [-0.15, -0.1) is 0 Å². The summed E-state index contributed by atoms with van der Waals surface area (Å²) in [5.74, 6) is 1.00. The Kier molecular flexibility index (Phi) is 4.80. The third-order valence-corrected chi connectivity index (χ3v) is 3.65. The van der Waals surface area contributed by atoms with Crippen molar-refractivity contribution in [3.63, 3.8) is 0 Å². The van der Waals surface area contributed by atoms with E-state index >= 15 is 0 Å². The molecule has 1 aromatic rings. The molecule has 1 fully saturated rings. The second-order valence-electron chi connectivity index (χ2n) is 4.65. The van der Waals surface area contributed by atoms with Gasteiger partial charge < -0.3 is 10.2 Å². The Balaban J connectivity index is 1.77. The Morgan fingerprint density at radius 2 is 2.12 bits per heavy atom. The van der Waals surface area contributed by atoms with E-state index in [1.165, 1.54) is 37.9 Å². The standard InChI is InChI=1S/C13H20BrN3/c1-11-9-12(14)10-16-13(11)15-5-8-17-6-3-2-4-7-17/h9-10H,2-8H2,1H3,(H,15,16). The van der Waals surface area contributed by atoms with Gasteiger partial charge in [0.25, 0.3) is 0 Å². The third-order valence-electron chi connectivity index (χ3n) is 3.21. The molecule has 94 valence electrons. The molecule has 0 unspecified atom stereocenters. The van der Waals surface area contributed by atoms with Gasteiger partial charge in [0.05, 0.1) is 0 Å². The predicted molar refractivity (Wildman–Crippen MR) is 75.5 cm³/mol. The highest BCUT2D eigenvalue weighted by Gasteiger charge is 2.09. The van der Waals surface area contributed by atoms with Crippen LogP contribution in [-0.2, 0) is 0 Å². The van der Waals surface area contributed by atoms with Crippen molar-refractivity contribution in [2.24, 2.45) is 0 Å². The molecule has 17 heavy (non-hydrogen) atoms. The topological polar surface area (TPSA) is 28.2 Å². The SMILES string of the molecule is Cc1cc(Br)cnc1NCCN1CCCCC1. The number of aryl methyl sites for hydroxylation is 1. The lowest BCUT2D eigenvalue weighted by Gasteiger charge is -2.26. The number of likely N-dealkylation sites (tertiary alicyclic amines) is 1. The van der Waals surface area contributed by atoms with Gasteiger partial charge in [0, 0.05) is 23.8 Å². The Morgan fingerprint density at radius 3 is 2.82 bits per heavy atom. The number of piperidine rings is 1. The minimum Gasteiger partial charge on any atom is -0.369 e. The first-order valence-corrected chi connectivity index (χ1v) is 7.13. The number of halogens is 1. The number of rotatable bonds is 4. The molecule has 1 aliphatic heterocycles. The molecule has 2 rings (SSSR count). The molecule has 1 saturated heterocycles. The number of nitrogens with one attached hydrogen (secondary N) is 1. The van der Waals surface area contributed by atoms with Gasteiger partial charge in [-0.1, -0.05) is 6.42 Å². The normalized spacial score (nSPS) is 17.1. The lowest BCUT2D eigenvalue weighted by molar-refractivity contribution is 0.237. The zero-order chi connectivity index (χ0) is 12.1. The average Bonchev–Trinajstić information content (AvgIpc) is 2.33. The lowest BCUT2D eigenvalue weighted by atomic mass is 10.1. The van der Waals surface area contributed by atoms with Crippen molar-refractivity contribution in [1.82, 2.24) is 9.88 Å². The van der Waals surface area contributed by atoms with E-state index in [2.05, 4.69) is 44.1 Å². The highest BCUT2D eigenvalue weighted by Crippen LogP contribution is 2.16. The van der Waals surface area contributed by atoms with Crippen LogP contribution in [0.15, 0.2) is 16.7 Å². The molecule has 0 aliphatic carbocycles. The average molecular weight is 298 g/mol. The first kappa shape index (κ1) is 12.8. The molecule has 1 aliphatic rings. The summed E-state index contributed by atoms with van der Waals surface area (Å²) in [7, 11) is 0. The van der Waals surface area contributed by atoms with Crippen molar-refractivity contribution in [3.8, 4) is 0 Å². The van der Waals surface area contributed by atoms with Crippen molar-refractivity contribution in [2.75, 3.05) is 31.5 Å². The molecule has 2 heterocycles. The molecule has 0 radical (unpaired) electrons. The molecular weight excluding hydrogens is 278 g/mol. The Bertz CT molecular complexity index is 362. The Hall–Kier alpha value is -0.610. The summed E-state index contributed by atoms with van der Waals surface area (Å²) in [5.41, 5.74) is 1.19. The van der Waals surface area contributed by atoms with Crippen LogP contribution in [0.4, 0.5) is 5.82 Å². The maximum Gasteiger partial charge on any atom is 0.128 e. The summed E-state index contributed by atoms with van der Waals surface area (Å²) in [6.45, 7) is 6.70. The number of pyridine rings is 1. The van der Waals surface area contributed by atoms with Gasteiger partial charge in [0.1, 0.15) is 5.82 Å². The molecule has 0 aromatic carbocycles. The van der Waals surface area contributed by atoms with Crippen molar-refractivity contribution in [3.05, 3.63) is 22.3 Å². The maximum atomic E-state index is 4.38. The summed E-state index contributed by atoms with van der Waals surface area (Å²) < 4.78 is 1.04. The molecule has 3 nitrogen and oxygen atoms in total. The third kappa shape index (κ3) is 3.96. The molecule has 0 saturated carbocycles. The number of anilines is 1. The first-order valence-electron chi connectivity index (χ1n) is 6.34. The van der Waals surface area contributed by atoms with E-state index in [-0.39, 0.29) is 0 Å². The fourth-order valence-corrected chi connectivity index (χ4v) is 2.69. The minimum atomic E-state index is 0.982. The van der Waals surface area contributed by atoms with E-state index in [0.717, 1.165) is 23.4 Å². The van der Waals surface area contributed by atoms with E-state index in [4.69, 9.17) is 0 Å². The van der Waals surface area contributed by atoms with E-state index in [1.807, 2.05) is 6.20 Å². The number of aromatic nitrogens is 1. The first-order chi connectivity index (χ1) is 8.25. The van der Waals surface area contributed by atoms with Crippen LogP contribution in [-0.4, -0.2) is 36.1 Å². The van der Waals surface area contributed by atoms with Gasteiger partial charge in [-0.2, -0.15) is 0 Å². The minimum absolute atomic E-state index is 0.982. The van der Waals surface area contributed by atoms with E-state index in [1.54, 1.807) is 0 Å². The van der Waals surface area contributed by atoms with Gasteiger partial charge in [-0.25, -0.2) is 4.98 Å². The van der Waals surface area contributed by atoms with E-state index < -0.39 is 0 Å². The smallest absolute Gasteiger partial charge is 0.128 e. The highest BCUT2D eigenvalue weighted by molar-refractivity contribution is 9.10. The van der Waals surface area contributed by atoms with Crippen LogP contribution in [0.5, 0.6) is 0 Å². The molecule has 0 atom stereocenters. The van der Waals surface area contributed by atoms with Crippen LogP contribution in [0, 0.1) is 6.92 Å². The fraction of sp³-hybridized carbons (Fsp3) is 0.615. The van der Waals surface area contributed by atoms with Crippen molar-refractivity contribution >= 4 is 21.7 Å². The quantitative estimate of drug-likeness (QED) is 0.926. The lowest BCUT2D eigenvalue weighted by Crippen LogP contribution is -2.33. The molecule has 0 bridgehead atoms. The van der Waals surface area contributed by atoms with Crippen molar-refractivity contribution in [1.29, 1.82) is 0 Å². The Morgan fingerprint density at radius 1 is 1.35 bits per heavy atom. The van der Waals surface area contributed by atoms with Gasteiger partial charge in [-0.05, 0) is 60.4 Å². The van der Waals surface area contributed by atoms with Crippen LogP contribution in [0.2, 0.25) is 0 Å². The van der Waals surface area contributed by atoms with Gasteiger partial charge in [0.2, 0.25) is 0 Å². The molecule has 4 heteroatoms. The second-order valence-corrected chi connectivity index (χ2v) is 5.56. The number of nitrogens with zero attached hydrogens (tertiary/aromatic N) is 2. The van der Waals surface area contributed by atoms with Crippen molar-refractivity contribution in [2.45, 2.75) is 26.2 Å². The molecule has 0 spiro atoms. The van der Waals surface area contributed by atoms with Crippen LogP contribution in [0.3, 0.4) is 0 Å². The molecule has 1 N–H and O–H groups in total. The summed E-state index contributed by atoms with van der Waals surface area (Å²) >= 11 is 3.43. The highest BCUT2D eigenvalue weighted by atomic mass is 79.9. The summed E-state index contributed by atoms with van der Waals surface area (Å²) in [4.78, 5) is 6.92. The van der Waals surface area contributed by atoms with Crippen LogP contribution >= 0.6 is 15.9 Å². The zero-order valence-electron chi connectivity index (χ0n) is 10.4. The number of hydrogen-bond acceptors (Lipinski definition) is 3. The van der Waals surface area contributed by atoms with Gasteiger partial charge in [-0.3, -0.25) is 0 Å². The monoisotopic (exact) mass is 297 g/mol. The maximum absolute atomic E-state index is 4.38. The summed E-state index contributed by atoms with van der Waals surface area (Å²) in [6, 6.07) is 2.09. The fourth-order valence-electron chi connectivity index (χ4n) is 2.24. The molecule has 1 aromatic heterocycles. The van der Waals surface area contributed by atoms with E-state index in [0.29, 0.717) is 0 Å². The van der Waals surface area contributed by atoms with E-state index in [9.17, 15) is 0 Å². The second kappa shape index (κ2) is 6.36. The number of hydrogen-bond donors (Lipinski definition) is 1. The van der Waals surface area contributed by atoms with Crippen LogP contribution in [0.25, 0.3) is 0 Å². The largest absolute Gasteiger partial charge is 0.369 e. The summed E-state index contributed by atoms with van der Waals surface area (Å²) in [6.07, 6.45) is 5.96. The zero-order valence-corrected chi connectivity index (χ0v) is 12.0. The molecular formula is C13H20BrN3. The van der Waals surface area contributed by atoms with Crippen LogP contribution in [0.1, 0.15) is 24.8 Å². The predicted octanol–water partition coefficient (Wildman–Crippen LogP) is 3.05. The molecule has 0 amide bonds. The van der Waals surface area contributed by atoms with Crippen molar-refractivity contribution < 1.29 is 0 Å². The van der Waals surface area contributed by atoms with Gasteiger partial charge >= 0.3 is 0 Å².